The van der Waals surface area contributed by atoms with E-state index in [-0.39, 0.29) is 11.9 Å². The number of carbonyl (C=O) groups excluding carboxylic acids is 2. The predicted octanol–water partition coefficient (Wildman–Crippen LogP) is 3.17. The number of allylic oxidation sites excluding steroid dienone is 1. The fraction of sp³-hybridized carbons (Fsp3) is 0.474. The van der Waals surface area contributed by atoms with Crippen LogP contribution in [0.2, 0.25) is 0 Å². The molecular formula is C19H26N2O3. The SMILES string of the molecule is CCCN(C(=O)C1=C(C)c2ccc(C(=O)NO)cc2CC1)C(C)C. The van der Waals surface area contributed by atoms with Gasteiger partial charge in [0.25, 0.3) is 5.91 Å². The Hall–Kier alpha value is -2.14. The van der Waals surface area contributed by atoms with Gasteiger partial charge in [-0.05, 0) is 68.9 Å². The van der Waals surface area contributed by atoms with Crippen LogP contribution in [0.5, 0.6) is 0 Å². The van der Waals surface area contributed by atoms with E-state index >= 15 is 0 Å². The lowest BCUT2D eigenvalue weighted by molar-refractivity contribution is -0.128. The van der Waals surface area contributed by atoms with Gasteiger partial charge in [-0.1, -0.05) is 13.0 Å². The molecule has 1 aromatic rings. The van der Waals surface area contributed by atoms with E-state index in [1.54, 1.807) is 17.6 Å². The van der Waals surface area contributed by atoms with Crippen molar-refractivity contribution in [2.75, 3.05) is 6.54 Å². The van der Waals surface area contributed by atoms with Gasteiger partial charge in [-0.2, -0.15) is 0 Å². The molecule has 0 bridgehead atoms. The highest BCUT2D eigenvalue weighted by molar-refractivity contribution is 6.02. The number of nitrogens with zero attached hydrogens (tertiary/aromatic N) is 1. The van der Waals surface area contributed by atoms with Crippen LogP contribution in [0.25, 0.3) is 5.57 Å². The number of amides is 2. The molecule has 2 amide bonds. The Morgan fingerprint density at radius 1 is 1.29 bits per heavy atom. The summed E-state index contributed by atoms with van der Waals surface area (Å²) in [6, 6.07) is 5.50. The van der Waals surface area contributed by atoms with Crippen molar-refractivity contribution in [1.82, 2.24) is 10.4 Å². The lowest BCUT2D eigenvalue weighted by atomic mass is 9.84. The number of benzene rings is 1. The Kier molecular flexibility index (Phi) is 5.78. The first-order valence-corrected chi connectivity index (χ1v) is 8.49. The monoisotopic (exact) mass is 330 g/mol. The molecule has 0 heterocycles. The van der Waals surface area contributed by atoms with Crippen LogP contribution in [0, 0.1) is 0 Å². The standard InChI is InChI=1S/C19H26N2O3/c1-5-10-21(12(2)3)19(23)17-9-6-14-11-15(18(22)20-24)7-8-16(14)13(17)4/h7-8,11-12,24H,5-6,9-10H2,1-4H3,(H,20,22). The minimum atomic E-state index is -0.518. The van der Waals surface area contributed by atoms with Crippen molar-refractivity contribution in [1.29, 1.82) is 0 Å². The molecular weight excluding hydrogens is 304 g/mol. The molecule has 1 aliphatic rings. The Morgan fingerprint density at radius 3 is 2.58 bits per heavy atom. The molecule has 0 aromatic heterocycles. The molecule has 130 valence electrons. The molecule has 0 atom stereocenters. The molecule has 5 nitrogen and oxygen atoms in total. The lowest BCUT2D eigenvalue weighted by Gasteiger charge is -2.30. The van der Waals surface area contributed by atoms with Crippen molar-refractivity contribution >= 4 is 17.4 Å². The smallest absolute Gasteiger partial charge is 0.274 e. The second-order valence-electron chi connectivity index (χ2n) is 6.51. The number of hydrogen-bond acceptors (Lipinski definition) is 3. The van der Waals surface area contributed by atoms with E-state index in [4.69, 9.17) is 5.21 Å². The quantitative estimate of drug-likeness (QED) is 0.643. The van der Waals surface area contributed by atoms with Crippen molar-refractivity contribution < 1.29 is 14.8 Å². The van der Waals surface area contributed by atoms with Crippen molar-refractivity contribution in [3.8, 4) is 0 Å². The second kappa shape index (κ2) is 7.62. The van der Waals surface area contributed by atoms with Crippen LogP contribution in [0.4, 0.5) is 0 Å². The third-order valence-corrected chi connectivity index (χ3v) is 4.58. The van der Waals surface area contributed by atoms with Gasteiger partial charge in [-0.3, -0.25) is 14.8 Å². The van der Waals surface area contributed by atoms with Gasteiger partial charge in [0.2, 0.25) is 5.91 Å². The van der Waals surface area contributed by atoms with Gasteiger partial charge in [0.1, 0.15) is 0 Å². The fourth-order valence-electron chi connectivity index (χ4n) is 3.26. The van der Waals surface area contributed by atoms with Crippen molar-refractivity contribution in [3.05, 3.63) is 40.5 Å². The number of hydrogen-bond donors (Lipinski definition) is 2. The van der Waals surface area contributed by atoms with E-state index in [1.165, 1.54) is 0 Å². The van der Waals surface area contributed by atoms with Gasteiger partial charge in [0.05, 0.1) is 0 Å². The fourth-order valence-corrected chi connectivity index (χ4v) is 3.26. The van der Waals surface area contributed by atoms with Gasteiger partial charge in [-0.25, -0.2) is 5.48 Å². The van der Waals surface area contributed by atoms with Crippen LogP contribution in [0.15, 0.2) is 23.8 Å². The molecule has 0 aliphatic heterocycles. The van der Waals surface area contributed by atoms with Crippen LogP contribution in [0.3, 0.4) is 0 Å². The summed E-state index contributed by atoms with van der Waals surface area (Å²) in [5, 5.41) is 8.76. The van der Waals surface area contributed by atoms with Gasteiger partial charge >= 0.3 is 0 Å². The summed E-state index contributed by atoms with van der Waals surface area (Å²) in [5.74, 6) is -0.401. The molecule has 0 fully saturated rings. The van der Waals surface area contributed by atoms with Gasteiger partial charge < -0.3 is 4.90 Å². The molecule has 5 heteroatoms. The molecule has 0 saturated heterocycles. The molecule has 0 unspecified atom stereocenters. The van der Waals surface area contributed by atoms with Gasteiger partial charge in [0.15, 0.2) is 0 Å². The maximum Gasteiger partial charge on any atom is 0.274 e. The first-order chi connectivity index (χ1) is 11.4. The van der Waals surface area contributed by atoms with E-state index in [0.29, 0.717) is 12.0 Å². The molecule has 1 aromatic carbocycles. The van der Waals surface area contributed by atoms with Crippen molar-refractivity contribution in [2.24, 2.45) is 0 Å². The normalized spacial score (nSPS) is 13.8. The van der Waals surface area contributed by atoms with E-state index < -0.39 is 5.91 Å². The molecule has 0 saturated carbocycles. The Balaban J connectivity index is 2.37. The minimum absolute atomic E-state index is 0.118. The molecule has 2 N–H and O–H groups in total. The Morgan fingerprint density at radius 2 is 2.00 bits per heavy atom. The molecule has 0 spiro atoms. The summed E-state index contributed by atoms with van der Waals surface area (Å²) in [6.45, 7) is 8.89. The Bertz CT molecular complexity index is 677. The number of aryl methyl sites for hydroxylation is 1. The minimum Gasteiger partial charge on any atom is -0.337 e. The van der Waals surface area contributed by atoms with Gasteiger partial charge in [0, 0.05) is 23.7 Å². The molecule has 2 rings (SSSR count). The predicted molar refractivity (Wildman–Crippen MR) is 93.7 cm³/mol. The van der Waals surface area contributed by atoms with Crippen LogP contribution < -0.4 is 5.48 Å². The first-order valence-electron chi connectivity index (χ1n) is 8.49. The zero-order valence-electron chi connectivity index (χ0n) is 14.8. The topological polar surface area (TPSA) is 69.6 Å². The van der Waals surface area contributed by atoms with Crippen LogP contribution in [0.1, 0.15) is 62.0 Å². The second-order valence-corrected chi connectivity index (χ2v) is 6.51. The first kappa shape index (κ1) is 18.2. The average molecular weight is 330 g/mol. The third-order valence-electron chi connectivity index (χ3n) is 4.58. The highest BCUT2D eigenvalue weighted by Crippen LogP contribution is 2.33. The van der Waals surface area contributed by atoms with E-state index in [9.17, 15) is 9.59 Å². The summed E-state index contributed by atoms with van der Waals surface area (Å²) in [5.41, 5.74) is 5.98. The summed E-state index contributed by atoms with van der Waals surface area (Å²) in [7, 11) is 0. The molecule has 0 radical (unpaired) electrons. The summed E-state index contributed by atoms with van der Waals surface area (Å²) < 4.78 is 0. The van der Waals surface area contributed by atoms with Crippen LogP contribution >= 0.6 is 0 Å². The molecule has 24 heavy (non-hydrogen) atoms. The zero-order chi connectivity index (χ0) is 17.9. The summed E-state index contributed by atoms with van der Waals surface area (Å²) in [4.78, 5) is 26.4. The highest BCUT2D eigenvalue weighted by atomic mass is 16.5. The molecule has 1 aliphatic carbocycles. The maximum absolute atomic E-state index is 12.9. The number of carbonyl (C=O) groups is 2. The summed E-state index contributed by atoms with van der Waals surface area (Å²) in [6.07, 6.45) is 2.33. The van der Waals surface area contributed by atoms with E-state index in [1.807, 2.05) is 31.7 Å². The third kappa shape index (κ3) is 3.51. The largest absolute Gasteiger partial charge is 0.337 e. The average Bonchev–Trinajstić information content (AvgIpc) is 2.58. The van der Waals surface area contributed by atoms with E-state index in [2.05, 4.69) is 6.92 Å². The van der Waals surface area contributed by atoms with Crippen molar-refractivity contribution in [3.63, 3.8) is 0 Å². The lowest BCUT2D eigenvalue weighted by Crippen LogP contribution is -2.39. The zero-order valence-corrected chi connectivity index (χ0v) is 14.8. The van der Waals surface area contributed by atoms with Crippen molar-refractivity contribution in [2.45, 2.75) is 53.0 Å². The maximum atomic E-state index is 12.9. The van der Waals surface area contributed by atoms with Gasteiger partial charge in [-0.15, -0.1) is 0 Å². The highest BCUT2D eigenvalue weighted by Gasteiger charge is 2.26. The van der Waals surface area contributed by atoms with Crippen LogP contribution in [-0.2, 0) is 11.2 Å². The summed E-state index contributed by atoms with van der Waals surface area (Å²) >= 11 is 0. The number of rotatable bonds is 5. The number of fused-ring (bicyclic) bond motifs is 1. The Labute approximate surface area is 143 Å². The number of nitrogens with one attached hydrogen (secondary N) is 1. The van der Waals surface area contributed by atoms with Crippen LogP contribution in [-0.4, -0.2) is 34.5 Å². The van der Waals surface area contributed by atoms with E-state index in [0.717, 1.165) is 41.7 Å². The number of hydroxylamine groups is 1.